The molecule has 0 heterocycles. The van der Waals surface area contributed by atoms with Gasteiger partial charge in [0.25, 0.3) is 11.8 Å². The summed E-state index contributed by atoms with van der Waals surface area (Å²) in [5.41, 5.74) is 5.61. The second-order valence-electron chi connectivity index (χ2n) is 7.28. The third-order valence-electron chi connectivity index (χ3n) is 3.81. The maximum Gasteiger partial charge on any atom is 0.412 e. The molecule has 9 nitrogen and oxygen atoms in total. The normalized spacial score (nSPS) is 10.7. The molecule has 0 aliphatic rings. The molecule has 160 valence electrons. The van der Waals surface area contributed by atoms with Gasteiger partial charge in [-0.05, 0) is 45.0 Å². The Hall–Kier alpha value is -3.75. The van der Waals surface area contributed by atoms with Gasteiger partial charge in [0.1, 0.15) is 5.60 Å². The second kappa shape index (κ2) is 9.17. The smallest absolute Gasteiger partial charge is 0.412 e. The van der Waals surface area contributed by atoms with Gasteiger partial charge in [-0.15, -0.1) is 0 Å². The highest BCUT2D eigenvalue weighted by Gasteiger charge is 2.19. The van der Waals surface area contributed by atoms with Crippen molar-refractivity contribution in [3.05, 3.63) is 47.5 Å². The number of carbonyl (C=O) groups excluding carboxylic acids is 3. The van der Waals surface area contributed by atoms with Crippen molar-refractivity contribution in [3.63, 3.8) is 0 Å². The monoisotopic (exact) mass is 415 g/mol. The van der Waals surface area contributed by atoms with E-state index in [-0.39, 0.29) is 16.8 Å². The molecule has 4 N–H and O–H groups in total. The summed E-state index contributed by atoms with van der Waals surface area (Å²) < 4.78 is 15.6. The van der Waals surface area contributed by atoms with Crippen molar-refractivity contribution in [2.24, 2.45) is 5.73 Å². The zero-order valence-electron chi connectivity index (χ0n) is 17.5. The van der Waals surface area contributed by atoms with Crippen LogP contribution in [0.2, 0.25) is 0 Å². The summed E-state index contributed by atoms with van der Waals surface area (Å²) in [5.74, 6) is -0.643. The molecule has 0 aliphatic carbocycles. The highest BCUT2D eigenvalue weighted by molar-refractivity contribution is 6.09. The van der Waals surface area contributed by atoms with Crippen LogP contribution >= 0.6 is 0 Å². The lowest BCUT2D eigenvalue weighted by atomic mass is 10.1. The number of anilines is 2. The summed E-state index contributed by atoms with van der Waals surface area (Å²) in [4.78, 5) is 36.5. The number of amides is 3. The standard InChI is InChI=1S/C21H25N3O6/c1-21(2,3)30-20(27)23-13-8-6-7-12(9-13)19(26)24-15-11-17(29-5)16(28-4)10-14(15)18(22)25/h6-11H,1-5H3,(H2,22,25)(H,23,27)(H,24,26). The number of hydrogen-bond acceptors (Lipinski definition) is 6. The van der Waals surface area contributed by atoms with Crippen LogP contribution in [0, 0.1) is 0 Å². The van der Waals surface area contributed by atoms with Crippen LogP contribution in [0.25, 0.3) is 0 Å². The lowest BCUT2D eigenvalue weighted by Gasteiger charge is -2.19. The molecule has 2 rings (SSSR count). The molecule has 3 amide bonds. The number of carbonyl (C=O) groups is 3. The number of primary amides is 1. The van der Waals surface area contributed by atoms with Crippen molar-refractivity contribution >= 4 is 29.3 Å². The second-order valence-corrected chi connectivity index (χ2v) is 7.28. The highest BCUT2D eigenvalue weighted by Crippen LogP contribution is 2.33. The molecule has 0 aromatic heterocycles. The molecule has 0 saturated heterocycles. The Labute approximate surface area is 174 Å². The fraction of sp³-hybridized carbons (Fsp3) is 0.286. The topological polar surface area (TPSA) is 129 Å². The van der Waals surface area contributed by atoms with Gasteiger partial charge in [-0.3, -0.25) is 14.9 Å². The van der Waals surface area contributed by atoms with E-state index in [0.29, 0.717) is 17.2 Å². The Morgan fingerprint density at radius 3 is 2.13 bits per heavy atom. The van der Waals surface area contributed by atoms with E-state index < -0.39 is 23.5 Å². The predicted molar refractivity (Wildman–Crippen MR) is 112 cm³/mol. The van der Waals surface area contributed by atoms with E-state index in [9.17, 15) is 14.4 Å². The fourth-order valence-corrected chi connectivity index (χ4v) is 2.54. The maximum absolute atomic E-state index is 12.7. The summed E-state index contributed by atoms with van der Waals surface area (Å²) in [7, 11) is 2.85. The number of nitrogens with two attached hydrogens (primary N) is 1. The van der Waals surface area contributed by atoms with E-state index in [0.717, 1.165) is 0 Å². The summed E-state index contributed by atoms with van der Waals surface area (Å²) in [6, 6.07) is 9.08. The van der Waals surface area contributed by atoms with E-state index in [4.69, 9.17) is 19.9 Å². The third kappa shape index (κ3) is 5.87. The van der Waals surface area contributed by atoms with Crippen LogP contribution < -0.4 is 25.8 Å². The van der Waals surface area contributed by atoms with Gasteiger partial charge in [0.2, 0.25) is 0 Å². The molecule has 0 saturated carbocycles. The van der Waals surface area contributed by atoms with Crippen molar-refractivity contribution in [2.75, 3.05) is 24.9 Å². The van der Waals surface area contributed by atoms with Crippen LogP contribution in [0.5, 0.6) is 11.5 Å². The molecule has 0 bridgehead atoms. The van der Waals surface area contributed by atoms with Gasteiger partial charge in [0.15, 0.2) is 11.5 Å². The Morgan fingerprint density at radius 1 is 0.933 bits per heavy atom. The Morgan fingerprint density at radius 2 is 1.57 bits per heavy atom. The minimum absolute atomic E-state index is 0.0593. The minimum atomic E-state index is -0.744. The number of rotatable bonds is 6. The SMILES string of the molecule is COc1cc(NC(=O)c2cccc(NC(=O)OC(C)(C)C)c2)c(C(N)=O)cc1OC. The number of hydrogen-bond donors (Lipinski definition) is 3. The largest absolute Gasteiger partial charge is 0.493 e. The first-order valence-electron chi connectivity index (χ1n) is 9.01. The zero-order valence-corrected chi connectivity index (χ0v) is 17.5. The Balaban J connectivity index is 2.26. The predicted octanol–water partition coefficient (Wildman–Crippen LogP) is 3.40. The molecule has 0 spiro atoms. The van der Waals surface area contributed by atoms with Crippen molar-refractivity contribution in [1.82, 2.24) is 0 Å². The van der Waals surface area contributed by atoms with Crippen molar-refractivity contribution in [3.8, 4) is 11.5 Å². The summed E-state index contributed by atoms with van der Waals surface area (Å²) in [6.07, 6.45) is -0.643. The van der Waals surface area contributed by atoms with E-state index in [1.807, 2.05) is 0 Å². The molecule has 0 atom stereocenters. The zero-order chi connectivity index (χ0) is 22.5. The number of ether oxygens (including phenoxy) is 3. The number of benzene rings is 2. The van der Waals surface area contributed by atoms with Crippen LogP contribution in [0.15, 0.2) is 36.4 Å². The van der Waals surface area contributed by atoms with Crippen molar-refractivity contribution in [1.29, 1.82) is 0 Å². The molecule has 0 radical (unpaired) electrons. The molecular weight excluding hydrogens is 390 g/mol. The van der Waals surface area contributed by atoms with Crippen LogP contribution in [0.3, 0.4) is 0 Å². The van der Waals surface area contributed by atoms with Gasteiger partial charge >= 0.3 is 6.09 Å². The van der Waals surface area contributed by atoms with Gasteiger partial charge in [0.05, 0.1) is 25.5 Å². The van der Waals surface area contributed by atoms with Crippen LogP contribution in [-0.2, 0) is 4.74 Å². The molecule has 2 aromatic rings. The molecular formula is C21H25N3O6. The molecule has 9 heteroatoms. The molecule has 0 fully saturated rings. The van der Waals surface area contributed by atoms with E-state index >= 15 is 0 Å². The first kappa shape index (κ1) is 22.5. The molecule has 0 unspecified atom stereocenters. The first-order valence-corrected chi connectivity index (χ1v) is 9.01. The van der Waals surface area contributed by atoms with Gasteiger partial charge in [-0.25, -0.2) is 4.79 Å². The summed E-state index contributed by atoms with van der Waals surface area (Å²) in [5, 5.41) is 5.20. The third-order valence-corrected chi connectivity index (χ3v) is 3.81. The lowest BCUT2D eigenvalue weighted by molar-refractivity contribution is 0.0635. The van der Waals surface area contributed by atoms with Gasteiger partial charge in [-0.2, -0.15) is 0 Å². The van der Waals surface area contributed by atoms with Crippen LogP contribution in [0.4, 0.5) is 16.2 Å². The van der Waals surface area contributed by atoms with Gasteiger partial charge in [-0.1, -0.05) is 6.07 Å². The van der Waals surface area contributed by atoms with Gasteiger partial charge < -0.3 is 25.3 Å². The average Bonchev–Trinajstić information content (AvgIpc) is 2.65. The van der Waals surface area contributed by atoms with Crippen molar-refractivity contribution < 1.29 is 28.6 Å². The fourth-order valence-electron chi connectivity index (χ4n) is 2.54. The van der Waals surface area contributed by atoms with E-state index in [2.05, 4.69) is 10.6 Å². The highest BCUT2D eigenvalue weighted by atomic mass is 16.6. The summed E-state index contributed by atoms with van der Waals surface area (Å²) >= 11 is 0. The number of methoxy groups -OCH3 is 2. The van der Waals surface area contributed by atoms with Crippen LogP contribution in [0.1, 0.15) is 41.5 Å². The first-order chi connectivity index (χ1) is 14.0. The molecule has 2 aromatic carbocycles. The maximum atomic E-state index is 12.7. The quantitative estimate of drug-likeness (QED) is 0.663. The van der Waals surface area contributed by atoms with Crippen LogP contribution in [-0.4, -0.2) is 37.7 Å². The Bertz CT molecular complexity index is 966. The lowest BCUT2D eigenvalue weighted by Crippen LogP contribution is -2.27. The average molecular weight is 415 g/mol. The van der Waals surface area contributed by atoms with Gasteiger partial charge in [0, 0.05) is 17.3 Å². The number of nitrogens with one attached hydrogen (secondary N) is 2. The van der Waals surface area contributed by atoms with E-state index in [1.165, 1.54) is 32.4 Å². The minimum Gasteiger partial charge on any atom is -0.493 e. The Kier molecular flexibility index (Phi) is 6.89. The molecule has 0 aliphatic heterocycles. The summed E-state index contributed by atoms with van der Waals surface area (Å²) in [6.45, 7) is 5.24. The molecule has 30 heavy (non-hydrogen) atoms. The van der Waals surface area contributed by atoms with Crippen molar-refractivity contribution in [2.45, 2.75) is 26.4 Å². The van der Waals surface area contributed by atoms with E-state index in [1.54, 1.807) is 39.0 Å².